The van der Waals surface area contributed by atoms with E-state index < -0.39 is 11.4 Å². The summed E-state index contributed by atoms with van der Waals surface area (Å²) in [6.07, 6.45) is 0. The van der Waals surface area contributed by atoms with E-state index in [-0.39, 0.29) is 22.8 Å². The number of hydrogen-bond donors (Lipinski definition) is 2. The van der Waals surface area contributed by atoms with E-state index in [1.807, 2.05) is 0 Å². The molecule has 2 amide bonds. The normalized spacial score (nSPS) is 13.6. The van der Waals surface area contributed by atoms with Crippen LogP contribution in [0.25, 0.3) is 0 Å². The topological polar surface area (TPSA) is 103 Å². The number of nitrogens with one attached hydrogen (secondary N) is 1. The van der Waals surface area contributed by atoms with Crippen molar-refractivity contribution in [2.45, 2.75) is 5.16 Å². The van der Waals surface area contributed by atoms with Crippen LogP contribution < -0.4 is 5.56 Å². The first-order valence-corrected chi connectivity index (χ1v) is 6.93. The van der Waals surface area contributed by atoms with Crippen molar-refractivity contribution in [3.05, 3.63) is 51.8 Å². The Balaban J connectivity index is 1.79. The van der Waals surface area contributed by atoms with Crippen molar-refractivity contribution in [2.24, 2.45) is 0 Å². The quantitative estimate of drug-likeness (QED) is 0.494. The zero-order valence-corrected chi connectivity index (χ0v) is 11.4. The summed E-state index contributed by atoms with van der Waals surface area (Å²) in [6, 6.07) is 7.50. The minimum atomic E-state index is -0.507. The second-order valence-electron chi connectivity index (χ2n) is 4.27. The molecule has 1 aliphatic heterocycles. The zero-order valence-electron chi connectivity index (χ0n) is 10.6. The van der Waals surface area contributed by atoms with Gasteiger partial charge in [-0.2, -0.15) is 4.98 Å². The fraction of sp³-hybridized carbons (Fsp3) is 0.0769. The first kappa shape index (κ1) is 13.4. The van der Waals surface area contributed by atoms with Crippen LogP contribution in [-0.4, -0.2) is 37.7 Å². The number of imide groups is 1. The Morgan fingerprint density at radius 3 is 2.33 bits per heavy atom. The molecule has 0 saturated heterocycles. The van der Waals surface area contributed by atoms with Gasteiger partial charge in [0.15, 0.2) is 5.16 Å². The molecule has 0 radical (unpaired) electrons. The number of aromatic nitrogens is 2. The molecule has 0 spiro atoms. The van der Waals surface area contributed by atoms with E-state index in [0.717, 1.165) is 22.7 Å². The fourth-order valence-electron chi connectivity index (χ4n) is 1.97. The molecule has 1 aromatic heterocycles. The van der Waals surface area contributed by atoms with Crippen molar-refractivity contribution in [1.82, 2.24) is 14.9 Å². The average Bonchev–Trinajstić information content (AvgIpc) is 2.69. The summed E-state index contributed by atoms with van der Waals surface area (Å²) in [5.41, 5.74) is 0.216. The highest BCUT2D eigenvalue weighted by Crippen LogP contribution is 2.25. The van der Waals surface area contributed by atoms with Gasteiger partial charge in [-0.15, -0.1) is 0 Å². The molecule has 0 bridgehead atoms. The highest BCUT2D eigenvalue weighted by Gasteiger charge is 2.35. The molecule has 0 atom stereocenters. The van der Waals surface area contributed by atoms with E-state index in [1.165, 1.54) is 0 Å². The van der Waals surface area contributed by atoms with Gasteiger partial charge in [-0.1, -0.05) is 23.9 Å². The van der Waals surface area contributed by atoms with Gasteiger partial charge in [-0.25, -0.2) is 0 Å². The number of benzene rings is 1. The number of nitrogens with zero attached hydrogens (tertiary/aromatic N) is 2. The third-order valence-corrected chi connectivity index (χ3v) is 3.77. The van der Waals surface area contributed by atoms with Gasteiger partial charge in [0.05, 0.1) is 23.1 Å². The molecule has 2 heterocycles. The average molecular weight is 303 g/mol. The smallest absolute Gasteiger partial charge is 0.262 e. The van der Waals surface area contributed by atoms with Crippen LogP contribution in [0.15, 0.2) is 40.3 Å². The van der Waals surface area contributed by atoms with E-state index in [0.29, 0.717) is 11.1 Å². The van der Waals surface area contributed by atoms with Gasteiger partial charge < -0.3 is 10.1 Å². The Labute approximate surface area is 122 Å². The lowest BCUT2D eigenvalue weighted by Gasteiger charge is -2.12. The Morgan fingerprint density at radius 2 is 1.76 bits per heavy atom. The van der Waals surface area contributed by atoms with Crippen LogP contribution in [0, 0.1) is 0 Å². The van der Waals surface area contributed by atoms with Crippen LogP contribution in [0.3, 0.4) is 0 Å². The summed E-state index contributed by atoms with van der Waals surface area (Å²) >= 11 is 0.982. The number of fused-ring (bicyclic) bond motifs is 1. The number of carbonyl (C=O) groups is 2. The number of carbonyl (C=O) groups excluding carboxylic acids is 2. The molecule has 21 heavy (non-hydrogen) atoms. The molecule has 0 aliphatic carbocycles. The molecule has 2 N–H and O–H groups in total. The first-order valence-electron chi connectivity index (χ1n) is 5.94. The van der Waals surface area contributed by atoms with Crippen molar-refractivity contribution in [2.75, 3.05) is 5.88 Å². The predicted molar refractivity (Wildman–Crippen MR) is 74.2 cm³/mol. The van der Waals surface area contributed by atoms with E-state index in [2.05, 4.69) is 9.97 Å². The SMILES string of the molecule is O=C1c2ccccc2C(=O)N1CSc1nc(O)cc(=O)[nH]1. The zero-order chi connectivity index (χ0) is 15.0. The van der Waals surface area contributed by atoms with E-state index >= 15 is 0 Å². The molecule has 7 nitrogen and oxygen atoms in total. The molecule has 1 aliphatic rings. The third-order valence-electron chi connectivity index (χ3n) is 2.91. The molecule has 2 aromatic rings. The molecule has 3 rings (SSSR count). The fourth-order valence-corrected chi connectivity index (χ4v) is 2.79. The maximum absolute atomic E-state index is 12.1. The summed E-state index contributed by atoms with van der Waals surface area (Å²) in [5, 5.41) is 9.38. The summed E-state index contributed by atoms with van der Waals surface area (Å²) in [4.78, 5) is 42.6. The number of aromatic amines is 1. The molecular weight excluding hydrogens is 294 g/mol. The van der Waals surface area contributed by atoms with Crippen LogP contribution in [0.4, 0.5) is 0 Å². The van der Waals surface area contributed by atoms with E-state index in [9.17, 15) is 19.5 Å². The van der Waals surface area contributed by atoms with Gasteiger partial charge in [-0.3, -0.25) is 19.3 Å². The van der Waals surface area contributed by atoms with Crippen LogP contribution in [0.5, 0.6) is 5.88 Å². The molecule has 0 saturated carbocycles. The highest BCUT2D eigenvalue weighted by atomic mass is 32.2. The number of H-pyrrole nitrogens is 1. The standard InChI is InChI=1S/C13H9N3O4S/c17-9-5-10(18)15-13(14-9)21-6-16-11(19)7-3-1-2-4-8(7)12(16)20/h1-5H,6H2,(H2,14,15,17,18). The van der Waals surface area contributed by atoms with Gasteiger partial charge in [0, 0.05) is 0 Å². The second-order valence-corrected chi connectivity index (χ2v) is 5.20. The lowest BCUT2D eigenvalue weighted by atomic mass is 10.1. The van der Waals surface area contributed by atoms with Crippen LogP contribution >= 0.6 is 11.8 Å². The summed E-state index contributed by atoms with van der Waals surface area (Å²) in [6.45, 7) is 0. The van der Waals surface area contributed by atoms with Gasteiger partial charge in [0.1, 0.15) is 0 Å². The maximum Gasteiger partial charge on any atom is 0.262 e. The highest BCUT2D eigenvalue weighted by molar-refractivity contribution is 7.99. The number of aromatic hydroxyl groups is 1. The molecule has 1 aromatic carbocycles. The Morgan fingerprint density at radius 1 is 1.14 bits per heavy atom. The van der Waals surface area contributed by atoms with Gasteiger partial charge in [0.2, 0.25) is 5.88 Å². The maximum atomic E-state index is 12.1. The minimum Gasteiger partial charge on any atom is -0.493 e. The van der Waals surface area contributed by atoms with Crippen LogP contribution in [0.2, 0.25) is 0 Å². The Bertz CT molecular complexity index is 767. The molecule has 8 heteroatoms. The largest absolute Gasteiger partial charge is 0.493 e. The van der Waals surface area contributed by atoms with Crippen molar-refractivity contribution in [3.8, 4) is 5.88 Å². The minimum absolute atomic E-state index is 0.00125. The van der Waals surface area contributed by atoms with Crippen molar-refractivity contribution in [1.29, 1.82) is 0 Å². The van der Waals surface area contributed by atoms with Crippen molar-refractivity contribution in [3.63, 3.8) is 0 Å². The van der Waals surface area contributed by atoms with Gasteiger partial charge >= 0.3 is 0 Å². The number of rotatable bonds is 3. The van der Waals surface area contributed by atoms with Crippen LogP contribution in [-0.2, 0) is 0 Å². The molecule has 0 unspecified atom stereocenters. The van der Waals surface area contributed by atoms with E-state index in [1.54, 1.807) is 24.3 Å². The van der Waals surface area contributed by atoms with Crippen molar-refractivity contribution < 1.29 is 14.7 Å². The van der Waals surface area contributed by atoms with Crippen molar-refractivity contribution >= 4 is 23.6 Å². The Hall–Kier alpha value is -2.61. The van der Waals surface area contributed by atoms with E-state index in [4.69, 9.17) is 0 Å². The number of amides is 2. The summed E-state index contributed by atoms with van der Waals surface area (Å²) < 4.78 is 0. The predicted octanol–water partition coefficient (Wildman–Crippen LogP) is 0.821. The van der Waals surface area contributed by atoms with Gasteiger partial charge in [-0.05, 0) is 12.1 Å². The Kier molecular flexibility index (Phi) is 3.22. The summed E-state index contributed by atoms with van der Waals surface area (Å²) in [5.74, 6) is -1.18. The summed E-state index contributed by atoms with van der Waals surface area (Å²) in [7, 11) is 0. The first-order chi connectivity index (χ1) is 10.1. The second kappa shape index (κ2) is 5.06. The number of hydrogen-bond acceptors (Lipinski definition) is 6. The third kappa shape index (κ3) is 2.40. The molecule has 106 valence electrons. The lowest BCUT2D eigenvalue weighted by Crippen LogP contribution is -2.29. The molecular formula is C13H9N3O4S. The lowest BCUT2D eigenvalue weighted by molar-refractivity contribution is 0.0684. The number of thioether (sulfide) groups is 1. The molecule has 0 fully saturated rings. The van der Waals surface area contributed by atoms with Crippen LogP contribution in [0.1, 0.15) is 20.7 Å². The monoisotopic (exact) mass is 303 g/mol. The van der Waals surface area contributed by atoms with Gasteiger partial charge in [0.25, 0.3) is 17.4 Å².